The maximum Gasteiger partial charge on any atom is 0.300 e. The van der Waals surface area contributed by atoms with Crippen LogP contribution in [0.25, 0.3) is 5.76 Å². The molecule has 1 heterocycles. The van der Waals surface area contributed by atoms with E-state index in [1.165, 1.54) is 4.90 Å². The number of aryl methyl sites for hydroxylation is 2. The number of nitrogens with zero attached hydrogens (tertiary/aromatic N) is 1. The second-order valence-corrected chi connectivity index (χ2v) is 8.59. The first kappa shape index (κ1) is 24.1. The summed E-state index contributed by atoms with van der Waals surface area (Å²) >= 11 is 0. The Balaban J connectivity index is 1.89. The zero-order valence-corrected chi connectivity index (χ0v) is 20.4. The van der Waals surface area contributed by atoms with Crippen molar-refractivity contribution in [3.63, 3.8) is 0 Å². The van der Waals surface area contributed by atoms with Crippen LogP contribution in [0, 0.1) is 13.8 Å². The van der Waals surface area contributed by atoms with Crippen LogP contribution in [0.2, 0.25) is 0 Å². The van der Waals surface area contributed by atoms with Crippen LogP contribution < -0.4 is 14.4 Å². The molecule has 0 aliphatic carbocycles. The Bertz CT molecular complexity index is 1290. The Morgan fingerprint density at radius 3 is 2.34 bits per heavy atom. The van der Waals surface area contributed by atoms with Crippen molar-refractivity contribution in [1.82, 2.24) is 0 Å². The number of hydrogen-bond acceptors (Lipinski definition) is 5. The van der Waals surface area contributed by atoms with Crippen molar-refractivity contribution >= 4 is 23.1 Å². The molecule has 1 saturated heterocycles. The molecule has 0 bridgehead atoms. The molecular weight excluding hydrogens is 442 g/mol. The van der Waals surface area contributed by atoms with Crippen LogP contribution in [0.1, 0.15) is 41.6 Å². The number of hydrogen-bond donors (Lipinski definition) is 1. The smallest absolute Gasteiger partial charge is 0.300 e. The van der Waals surface area contributed by atoms with Crippen molar-refractivity contribution in [3.05, 3.63) is 94.6 Å². The van der Waals surface area contributed by atoms with Gasteiger partial charge in [0.15, 0.2) is 0 Å². The number of rotatable bonds is 7. The van der Waals surface area contributed by atoms with Gasteiger partial charge >= 0.3 is 0 Å². The first-order valence-electron chi connectivity index (χ1n) is 11.6. The monoisotopic (exact) mass is 471 g/mol. The van der Waals surface area contributed by atoms with Gasteiger partial charge in [0.2, 0.25) is 0 Å². The van der Waals surface area contributed by atoms with E-state index in [1.54, 1.807) is 55.6 Å². The molecule has 6 nitrogen and oxygen atoms in total. The summed E-state index contributed by atoms with van der Waals surface area (Å²) in [6.07, 6.45) is 0.842. The molecule has 1 unspecified atom stereocenters. The fraction of sp³-hybridized carbons (Fsp3) is 0.241. The number of methoxy groups -OCH3 is 1. The minimum Gasteiger partial charge on any atom is -0.507 e. The molecule has 0 radical (unpaired) electrons. The summed E-state index contributed by atoms with van der Waals surface area (Å²) in [6.45, 7) is 6.49. The Kier molecular flexibility index (Phi) is 6.92. The van der Waals surface area contributed by atoms with E-state index < -0.39 is 17.7 Å². The molecule has 1 aliphatic rings. The van der Waals surface area contributed by atoms with Gasteiger partial charge in [0.05, 0.1) is 25.3 Å². The summed E-state index contributed by atoms with van der Waals surface area (Å²) in [5, 5.41) is 11.4. The molecule has 1 fully saturated rings. The van der Waals surface area contributed by atoms with Crippen molar-refractivity contribution in [2.75, 3.05) is 18.6 Å². The third kappa shape index (κ3) is 4.64. The number of aliphatic hydroxyl groups excluding tert-OH is 1. The van der Waals surface area contributed by atoms with Crippen LogP contribution in [0.3, 0.4) is 0 Å². The summed E-state index contributed by atoms with van der Waals surface area (Å²) in [7, 11) is 1.57. The molecule has 1 N–H and O–H groups in total. The summed E-state index contributed by atoms with van der Waals surface area (Å²) in [6, 6.07) is 18.9. The minimum absolute atomic E-state index is 0.0334. The lowest BCUT2D eigenvalue weighted by Crippen LogP contribution is -2.29. The van der Waals surface area contributed by atoms with Crippen LogP contribution in [0.4, 0.5) is 5.69 Å². The molecule has 1 amide bonds. The van der Waals surface area contributed by atoms with E-state index in [0.29, 0.717) is 34.9 Å². The summed E-state index contributed by atoms with van der Waals surface area (Å²) < 4.78 is 11.0. The molecule has 4 rings (SSSR count). The summed E-state index contributed by atoms with van der Waals surface area (Å²) in [5.41, 5.74) is 3.80. The number of benzene rings is 3. The fourth-order valence-electron chi connectivity index (χ4n) is 4.18. The number of amides is 1. The SMILES string of the molecule is CCCOc1cccc(/C(O)=C2\C(=O)C(=O)N(c3ccc(C)c(C)c3)C2c2ccc(OC)cc2)c1. The number of ether oxygens (including phenoxy) is 2. The van der Waals surface area contributed by atoms with E-state index in [1.807, 2.05) is 39.0 Å². The van der Waals surface area contributed by atoms with E-state index in [-0.39, 0.29) is 11.3 Å². The zero-order valence-electron chi connectivity index (χ0n) is 20.4. The molecule has 0 aromatic heterocycles. The highest BCUT2D eigenvalue weighted by Crippen LogP contribution is 2.43. The second-order valence-electron chi connectivity index (χ2n) is 8.59. The van der Waals surface area contributed by atoms with Crippen molar-refractivity contribution in [1.29, 1.82) is 0 Å². The van der Waals surface area contributed by atoms with Crippen molar-refractivity contribution in [2.45, 2.75) is 33.2 Å². The molecule has 1 aliphatic heterocycles. The quantitative estimate of drug-likeness (QED) is 0.271. The van der Waals surface area contributed by atoms with Gasteiger partial charge in [0, 0.05) is 11.3 Å². The maximum absolute atomic E-state index is 13.4. The Hall–Kier alpha value is -4.06. The van der Waals surface area contributed by atoms with E-state index in [0.717, 1.165) is 17.5 Å². The van der Waals surface area contributed by atoms with Gasteiger partial charge in [-0.15, -0.1) is 0 Å². The average Bonchev–Trinajstić information content (AvgIpc) is 3.14. The maximum atomic E-state index is 13.4. The van der Waals surface area contributed by atoms with Crippen molar-refractivity contribution in [3.8, 4) is 11.5 Å². The Morgan fingerprint density at radius 1 is 0.943 bits per heavy atom. The highest BCUT2D eigenvalue weighted by molar-refractivity contribution is 6.51. The van der Waals surface area contributed by atoms with Crippen molar-refractivity contribution in [2.24, 2.45) is 0 Å². The Labute approximate surface area is 205 Å². The van der Waals surface area contributed by atoms with E-state index in [9.17, 15) is 14.7 Å². The predicted octanol–water partition coefficient (Wildman–Crippen LogP) is 5.73. The molecule has 3 aromatic rings. The summed E-state index contributed by atoms with van der Waals surface area (Å²) in [5.74, 6) is -0.425. The van der Waals surface area contributed by atoms with Crippen LogP contribution in [-0.2, 0) is 9.59 Å². The standard InChI is InChI=1S/C29H29NO5/c1-5-15-35-24-8-6-7-21(17-24)27(31)25-26(20-10-13-23(34-4)14-11-20)30(29(33)28(25)32)22-12-9-18(2)19(3)16-22/h6-14,16-17,26,31H,5,15H2,1-4H3/b27-25+. The first-order chi connectivity index (χ1) is 16.8. The van der Waals surface area contributed by atoms with E-state index in [4.69, 9.17) is 9.47 Å². The van der Waals surface area contributed by atoms with Gasteiger partial charge in [-0.3, -0.25) is 14.5 Å². The van der Waals surface area contributed by atoms with Gasteiger partial charge in [0.25, 0.3) is 11.7 Å². The third-order valence-electron chi connectivity index (χ3n) is 6.22. The molecule has 3 aromatic carbocycles. The van der Waals surface area contributed by atoms with Gasteiger partial charge in [0.1, 0.15) is 17.3 Å². The van der Waals surface area contributed by atoms with Crippen molar-refractivity contribution < 1.29 is 24.2 Å². The largest absolute Gasteiger partial charge is 0.507 e. The third-order valence-corrected chi connectivity index (χ3v) is 6.22. The molecule has 0 spiro atoms. The van der Waals surface area contributed by atoms with Crippen LogP contribution in [0.15, 0.2) is 72.3 Å². The second kappa shape index (κ2) is 10.1. The summed E-state index contributed by atoms with van der Waals surface area (Å²) in [4.78, 5) is 28.2. The van der Waals surface area contributed by atoms with Gasteiger partial charge < -0.3 is 14.6 Å². The average molecular weight is 472 g/mol. The molecule has 35 heavy (non-hydrogen) atoms. The highest BCUT2D eigenvalue weighted by atomic mass is 16.5. The first-order valence-corrected chi connectivity index (χ1v) is 11.6. The number of carbonyl (C=O) groups is 2. The lowest BCUT2D eigenvalue weighted by atomic mass is 9.95. The Morgan fingerprint density at radius 2 is 1.69 bits per heavy atom. The molecule has 0 saturated carbocycles. The topological polar surface area (TPSA) is 76.1 Å². The van der Waals surface area contributed by atoms with Crippen LogP contribution in [0.5, 0.6) is 11.5 Å². The fourth-order valence-corrected chi connectivity index (χ4v) is 4.18. The number of anilines is 1. The molecule has 180 valence electrons. The van der Waals surface area contributed by atoms with Gasteiger partial charge in [-0.25, -0.2) is 0 Å². The predicted molar refractivity (Wildman–Crippen MR) is 136 cm³/mol. The number of ketones is 1. The van der Waals surface area contributed by atoms with Gasteiger partial charge in [-0.05, 0) is 73.4 Å². The number of Topliss-reactive ketones (excluding diaryl/α,β-unsaturated/α-hetero) is 1. The van der Waals surface area contributed by atoms with Gasteiger partial charge in [-0.1, -0.05) is 37.3 Å². The van der Waals surface area contributed by atoms with Crippen LogP contribution >= 0.6 is 0 Å². The number of carbonyl (C=O) groups excluding carboxylic acids is 2. The normalized spacial score (nSPS) is 17.0. The lowest BCUT2D eigenvalue weighted by Gasteiger charge is -2.26. The van der Waals surface area contributed by atoms with E-state index in [2.05, 4.69) is 0 Å². The molecule has 6 heteroatoms. The molecule has 1 atom stereocenters. The zero-order chi connectivity index (χ0) is 25.1. The highest BCUT2D eigenvalue weighted by Gasteiger charge is 2.47. The molecular formula is C29H29NO5. The van der Waals surface area contributed by atoms with Gasteiger partial charge in [-0.2, -0.15) is 0 Å². The lowest BCUT2D eigenvalue weighted by molar-refractivity contribution is -0.132. The van der Waals surface area contributed by atoms with E-state index >= 15 is 0 Å². The number of aliphatic hydroxyl groups is 1. The van der Waals surface area contributed by atoms with Crippen LogP contribution in [-0.4, -0.2) is 30.5 Å². The minimum atomic E-state index is -0.803.